The Hall–Kier alpha value is -16.8. The third kappa shape index (κ3) is 29.0. The van der Waals surface area contributed by atoms with Crippen LogP contribution in [0.2, 0.25) is 5.02 Å². The molecule has 0 saturated heterocycles. The van der Waals surface area contributed by atoms with Crippen molar-refractivity contribution >= 4 is 68.9 Å². The van der Waals surface area contributed by atoms with Crippen LogP contribution in [0.5, 0.6) is 5.75 Å². The summed E-state index contributed by atoms with van der Waals surface area (Å²) in [7, 11) is 8.16. The number of aromatic amines is 1. The minimum Gasteiger partial charge on any atom is -0.497 e. The fraction of sp³-hybridized carbons (Fsp3) is 0.217. The summed E-state index contributed by atoms with van der Waals surface area (Å²) < 4.78 is 56.2. The smallest absolute Gasteiger partial charge is 0.274 e. The molecule has 0 radical (unpaired) electrons. The van der Waals surface area contributed by atoms with Gasteiger partial charge in [0.2, 0.25) is 0 Å². The lowest BCUT2D eigenvalue weighted by molar-refractivity contribution is 0.0654. The average Bonchev–Trinajstić information content (AvgIpc) is 1.66. The lowest BCUT2D eigenvalue weighted by atomic mass is 10.1. The molecule has 0 fully saturated rings. The first-order valence-electron chi connectivity index (χ1n) is 46.2. The molecule has 16 heterocycles. The molecule has 16 aromatic heterocycles. The zero-order valence-corrected chi connectivity index (χ0v) is 81.4. The highest BCUT2D eigenvalue weighted by atomic mass is 35.5. The van der Waals surface area contributed by atoms with Gasteiger partial charge in [0.1, 0.15) is 51.3 Å². The summed E-state index contributed by atoms with van der Waals surface area (Å²) in [4.78, 5) is 100. The number of carbonyl (C=O) groups excluding carboxylic acids is 4. The molecular weight excluding hydrogens is 1870 g/mol. The molecule has 0 saturated carbocycles. The van der Waals surface area contributed by atoms with E-state index in [4.69, 9.17) is 54.2 Å². The number of fused-ring (bicyclic) bond motifs is 1. The van der Waals surface area contributed by atoms with E-state index in [9.17, 15) is 19.2 Å². The monoisotopic (exact) mass is 1970 g/mol. The van der Waals surface area contributed by atoms with Gasteiger partial charge in [0.15, 0.2) is 0 Å². The van der Waals surface area contributed by atoms with Crippen LogP contribution in [0.4, 0.5) is 22.7 Å². The van der Waals surface area contributed by atoms with Crippen LogP contribution in [-0.2, 0) is 64.1 Å². The summed E-state index contributed by atoms with van der Waals surface area (Å²) in [5.74, 6) is -0.620. The van der Waals surface area contributed by atoms with Crippen LogP contribution >= 0.6 is 11.6 Å². The van der Waals surface area contributed by atoms with Gasteiger partial charge in [0.25, 0.3) is 23.6 Å². The summed E-state index contributed by atoms with van der Waals surface area (Å²) >= 11 is 6.12. The predicted octanol–water partition coefficient (Wildman–Crippen LogP) is 16.4. The van der Waals surface area contributed by atoms with Gasteiger partial charge in [0.05, 0.1) is 198 Å². The van der Waals surface area contributed by atoms with E-state index in [0.29, 0.717) is 213 Å². The standard InChI is InChI=1S/C28H26ClN7O3.C28H28N6O4.2C25H26N6O3/c1-38-14-15-39-13-12-35-19-26(27(34-35)24-8-2-3-11-30-24)33-28(37)25-10-5-9-23(32-25)20-17-31-36(18-20)22-7-4-6-21(29)16-22;1-36-14-15-38-13-12-34-18-26(27(33-34)22-6-3-4-11-29-22)32-28(35)23-8-5-7-21(30-23)25-16-19-9-10-20(37-2)17-24(19)31-25;1-18-16-26-11-9-19(18)20-7-5-8-22(28-20)25(32)29-23-17-31(12-13-34-15-14-33-2)30-24(23)21-6-3-4-10-27-21;1-18-16-19(9-11-26-18)20-7-5-8-22(28-20)25(32)29-23-17-31(12-13-34-15-14-33-2)30-24(23)21-6-3-4-10-27-21/h2-11,16-19H,12-15H2,1H3,(H,33,37);3-11,16-18,31H,12-15H2,1-2H3,(H,32,35);2*3-11,16-17H,12-15H2,1-2H3,(H,29,32). The first-order chi connectivity index (χ1) is 71.0. The summed E-state index contributed by atoms with van der Waals surface area (Å²) in [5.41, 5.74) is 17.9. The van der Waals surface area contributed by atoms with Gasteiger partial charge in [-0.3, -0.25) is 67.8 Å². The Balaban J connectivity index is 0.000000146. The van der Waals surface area contributed by atoms with Crippen molar-refractivity contribution in [1.82, 2.24) is 104 Å². The van der Waals surface area contributed by atoms with Crippen LogP contribution in [0.1, 0.15) is 53.2 Å². The molecule has 0 bridgehead atoms. The number of methoxy groups -OCH3 is 5. The lowest BCUT2D eigenvalue weighted by Gasteiger charge is -2.08. The Labute approximate surface area is 840 Å². The van der Waals surface area contributed by atoms with E-state index in [1.54, 1.807) is 170 Å². The van der Waals surface area contributed by atoms with Crippen molar-refractivity contribution in [2.45, 2.75) is 40.0 Å². The second-order valence-electron chi connectivity index (χ2n) is 32.0. The number of hydrogen-bond donors (Lipinski definition) is 5. The van der Waals surface area contributed by atoms with Gasteiger partial charge in [0, 0.05) is 147 Å². The van der Waals surface area contributed by atoms with Gasteiger partial charge >= 0.3 is 0 Å². The number of pyridine rings is 10. The molecule has 18 rings (SSSR count). The molecule has 39 heteroatoms. The maximum absolute atomic E-state index is 13.3. The summed E-state index contributed by atoms with van der Waals surface area (Å²) in [6.07, 6.45) is 22.6. The first-order valence-corrected chi connectivity index (χ1v) is 46.6. The second kappa shape index (κ2) is 52.6. The Morgan fingerprint density at radius 2 is 0.752 bits per heavy atom. The van der Waals surface area contributed by atoms with Crippen molar-refractivity contribution < 1.29 is 61.8 Å². The fourth-order valence-corrected chi connectivity index (χ4v) is 14.7. The number of nitrogens with one attached hydrogen (secondary N) is 5. The van der Waals surface area contributed by atoms with Gasteiger partial charge in [-0.2, -0.15) is 25.5 Å². The van der Waals surface area contributed by atoms with Gasteiger partial charge in [-0.15, -0.1) is 0 Å². The minimum atomic E-state index is -0.368. The number of aryl methyl sites for hydroxylation is 2. The third-order valence-corrected chi connectivity index (χ3v) is 22.0. The maximum Gasteiger partial charge on any atom is 0.274 e. The zero-order chi connectivity index (χ0) is 101. The van der Waals surface area contributed by atoms with E-state index in [1.807, 2.05) is 196 Å². The predicted molar refractivity (Wildman–Crippen MR) is 549 cm³/mol. The summed E-state index contributed by atoms with van der Waals surface area (Å²) in [6, 6.07) is 64.5. The van der Waals surface area contributed by atoms with Gasteiger partial charge in [-0.1, -0.05) is 66.2 Å². The van der Waals surface area contributed by atoms with Crippen molar-refractivity contribution in [2.24, 2.45) is 0 Å². The molecule has 0 aliphatic heterocycles. The van der Waals surface area contributed by atoms with Crippen molar-refractivity contribution in [2.75, 3.05) is 136 Å². The quantitative estimate of drug-likeness (QED) is 0.0222. The largest absolute Gasteiger partial charge is 0.497 e. The second-order valence-corrected chi connectivity index (χ2v) is 32.4. The molecule has 5 N–H and O–H groups in total. The molecule has 18 aromatic rings. The number of hydrogen-bond acceptors (Lipinski definition) is 28. The Kier molecular flexibility index (Phi) is 37.2. The fourth-order valence-electron chi connectivity index (χ4n) is 14.6. The van der Waals surface area contributed by atoms with E-state index >= 15 is 0 Å². The molecule has 0 aliphatic rings. The highest BCUT2D eigenvalue weighted by Gasteiger charge is 2.25. The van der Waals surface area contributed by atoms with Crippen LogP contribution in [0.15, 0.2) is 293 Å². The Morgan fingerprint density at radius 1 is 0.352 bits per heavy atom. The highest BCUT2D eigenvalue weighted by Crippen LogP contribution is 2.34. The number of carbonyl (C=O) groups is 4. The van der Waals surface area contributed by atoms with Crippen molar-refractivity contribution in [3.8, 4) is 102 Å². The lowest BCUT2D eigenvalue weighted by Crippen LogP contribution is -2.14. The molecule has 0 unspecified atom stereocenters. The Morgan fingerprint density at radius 3 is 1.15 bits per heavy atom. The SMILES string of the molecule is COCCOCCn1cc(NC(=O)c2cccc(-c3cc4ccc(OC)cc4[nH]3)n2)c(-c2ccccn2)n1.COCCOCCn1cc(NC(=O)c2cccc(-c3ccnc(C)c3)n2)c(-c2ccccn2)n1.COCCOCCn1cc(NC(=O)c2cccc(-c3ccncc3C)n2)c(-c2ccccn2)n1.COCCOCCn1cc(NC(=O)c2cccc(-c3cnn(-c4cccc(Cl)c4)c3)n2)c(-c2ccccn2)n1. The zero-order valence-electron chi connectivity index (χ0n) is 80.7. The van der Waals surface area contributed by atoms with Crippen LogP contribution < -0.4 is 26.0 Å². The van der Waals surface area contributed by atoms with E-state index < -0.39 is 0 Å². The third-order valence-electron chi connectivity index (χ3n) is 21.7. The molecule has 0 aliphatic carbocycles. The number of H-pyrrole nitrogens is 1. The number of amides is 4. The van der Waals surface area contributed by atoms with Crippen LogP contribution in [0.25, 0.3) is 107 Å². The molecule has 4 amide bonds. The molecule has 0 atom stereocenters. The highest BCUT2D eigenvalue weighted by molar-refractivity contribution is 6.30. The maximum atomic E-state index is 13.3. The molecular formula is C106H106ClN25O13. The number of halogens is 1. The van der Waals surface area contributed by atoms with Gasteiger partial charge < -0.3 is 68.9 Å². The molecule has 2 aromatic carbocycles. The van der Waals surface area contributed by atoms with E-state index in [1.165, 1.54) is 0 Å². The minimum absolute atomic E-state index is 0.255. The van der Waals surface area contributed by atoms with E-state index in [2.05, 4.69) is 102 Å². The summed E-state index contributed by atoms with van der Waals surface area (Å²) in [6.45, 7) is 11.9. The molecule has 145 heavy (non-hydrogen) atoms. The molecule has 38 nitrogen and oxygen atoms in total. The van der Waals surface area contributed by atoms with E-state index in [0.717, 1.165) is 56.0 Å². The number of ether oxygens (including phenoxy) is 9. The number of nitrogens with zero attached hydrogens (tertiary/aromatic N) is 20. The average molecular weight is 1970 g/mol. The van der Waals surface area contributed by atoms with Crippen molar-refractivity contribution in [3.05, 3.63) is 332 Å². The van der Waals surface area contributed by atoms with Crippen molar-refractivity contribution in [3.63, 3.8) is 0 Å². The van der Waals surface area contributed by atoms with Crippen LogP contribution in [0.3, 0.4) is 0 Å². The summed E-state index contributed by atoms with van der Waals surface area (Å²) in [5, 5.41) is 36.4. The van der Waals surface area contributed by atoms with Gasteiger partial charge in [-0.25, -0.2) is 24.6 Å². The number of benzene rings is 2. The normalized spacial score (nSPS) is 11.0. The van der Waals surface area contributed by atoms with Gasteiger partial charge in [-0.05, 0) is 171 Å². The van der Waals surface area contributed by atoms with Crippen molar-refractivity contribution in [1.29, 1.82) is 0 Å². The number of aromatic nitrogens is 21. The first kappa shape index (κ1) is 103. The molecule has 0 spiro atoms. The number of anilines is 4. The van der Waals surface area contributed by atoms with E-state index in [-0.39, 0.29) is 35.0 Å². The molecule has 740 valence electrons. The number of rotatable bonds is 42. The van der Waals surface area contributed by atoms with Crippen LogP contribution in [-0.4, -0.2) is 242 Å². The topological polar surface area (TPSA) is 433 Å². The van der Waals surface area contributed by atoms with Crippen LogP contribution in [0, 0.1) is 13.8 Å². The Bertz CT molecular complexity index is 7270.